The Bertz CT molecular complexity index is 450. The van der Waals surface area contributed by atoms with Crippen molar-refractivity contribution >= 4 is 35.2 Å². The van der Waals surface area contributed by atoms with E-state index in [0.717, 1.165) is 11.3 Å². The molecule has 0 saturated heterocycles. The van der Waals surface area contributed by atoms with Crippen LogP contribution in [0.2, 0.25) is 5.02 Å². The van der Waals surface area contributed by atoms with Crippen molar-refractivity contribution in [2.45, 2.75) is 25.6 Å². The first kappa shape index (κ1) is 16.9. The van der Waals surface area contributed by atoms with Crippen molar-refractivity contribution < 1.29 is 14.3 Å². The maximum Gasteiger partial charge on any atom is 0.328 e. The standard InChI is InChI=1S/C14H18ClNO3S/c1-3-19-14(18)10(2)16-13(17)9-20-8-11-4-6-12(15)7-5-11/h4-7,10H,3,8-9H2,1-2H3,(H,16,17). The van der Waals surface area contributed by atoms with Crippen LogP contribution in [0.4, 0.5) is 0 Å². The lowest BCUT2D eigenvalue weighted by atomic mass is 10.2. The Kier molecular flexibility index (Phi) is 7.47. The van der Waals surface area contributed by atoms with Gasteiger partial charge in [-0.25, -0.2) is 4.79 Å². The molecule has 0 aliphatic heterocycles. The Morgan fingerprint density at radius 2 is 2.00 bits per heavy atom. The number of halogens is 1. The first-order chi connectivity index (χ1) is 9.52. The van der Waals surface area contributed by atoms with Gasteiger partial charge < -0.3 is 10.1 Å². The Hall–Kier alpha value is -1.20. The van der Waals surface area contributed by atoms with Crippen molar-refractivity contribution in [3.05, 3.63) is 34.9 Å². The summed E-state index contributed by atoms with van der Waals surface area (Å²) in [5, 5.41) is 3.30. The fraction of sp³-hybridized carbons (Fsp3) is 0.429. The number of nitrogens with one attached hydrogen (secondary N) is 1. The highest BCUT2D eigenvalue weighted by molar-refractivity contribution is 7.99. The number of amides is 1. The monoisotopic (exact) mass is 315 g/mol. The number of carbonyl (C=O) groups excluding carboxylic acids is 2. The Morgan fingerprint density at radius 1 is 1.35 bits per heavy atom. The number of carbonyl (C=O) groups is 2. The van der Waals surface area contributed by atoms with Crippen LogP contribution in [-0.2, 0) is 20.1 Å². The highest BCUT2D eigenvalue weighted by atomic mass is 35.5. The highest BCUT2D eigenvalue weighted by Crippen LogP contribution is 2.15. The molecule has 0 aromatic heterocycles. The van der Waals surface area contributed by atoms with Gasteiger partial charge in [0.2, 0.25) is 5.91 Å². The fourth-order valence-electron chi connectivity index (χ4n) is 1.45. The molecule has 1 amide bonds. The molecule has 20 heavy (non-hydrogen) atoms. The average molecular weight is 316 g/mol. The molecule has 1 rings (SSSR count). The minimum absolute atomic E-state index is 0.176. The maximum absolute atomic E-state index is 11.6. The molecule has 0 aliphatic rings. The zero-order chi connectivity index (χ0) is 15.0. The minimum Gasteiger partial charge on any atom is -0.464 e. The van der Waals surface area contributed by atoms with Gasteiger partial charge in [-0.3, -0.25) is 4.79 Å². The molecule has 4 nitrogen and oxygen atoms in total. The molecule has 0 heterocycles. The van der Waals surface area contributed by atoms with E-state index in [1.807, 2.05) is 24.3 Å². The third-order valence-electron chi connectivity index (χ3n) is 2.43. The Balaban J connectivity index is 2.26. The highest BCUT2D eigenvalue weighted by Gasteiger charge is 2.16. The lowest BCUT2D eigenvalue weighted by Gasteiger charge is -2.12. The molecule has 110 valence electrons. The summed E-state index contributed by atoms with van der Waals surface area (Å²) in [6.45, 7) is 3.65. The van der Waals surface area contributed by atoms with Crippen LogP contribution >= 0.6 is 23.4 Å². The first-order valence-electron chi connectivity index (χ1n) is 6.31. The van der Waals surface area contributed by atoms with E-state index in [1.54, 1.807) is 13.8 Å². The predicted octanol–water partition coefficient (Wildman–Crippen LogP) is 2.64. The summed E-state index contributed by atoms with van der Waals surface area (Å²) in [4.78, 5) is 23.0. The number of ether oxygens (including phenoxy) is 1. The zero-order valence-corrected chi connectivity index (χ0v) is 13.1. The van der Waals surface area contributed by atoms with Crippen molar-refractivity contribution in [3.8, 4) is 0 Å². The number of hydrogen-bond donors (Lipinski definition) is 1. The van der Waals surface area contributed by atoms with E-state index in [4.69, 9.17) is 16.3 Å². The minimum atomic E-state index is -0.612. The van der Waals surface area contributed by atoms with Crippen molar-refractivity contribution in [2.75, 3.05) is 12.4 Å². The van der Waals surface area contributed by atoms with E-state index in [0.29, 0.717) is 17.4 Å². The van der Waals surface area contributed by atoms with E-state index in [9.17, 15) is 9.59 Å². The largest absolute Gasteiger partial charge is 0.464 e. The van der Waals surface area contributed by atoms with E-state index < -0.39 is 12.0 Å². The summed E-state index contributed by atoms with van der Waals surface area (Å²) in [6.07, 6.45) is 0. The summed E-state index contributed by atoms with van der Waals surface area (Å²) >= 11 is 7.27. The summed E-state index contributed by atoms with van der Waals surface area (Å²) in [7, 11) is 0. The van der Waals surface area contributed by atoms with Crippen LogP contribution in [0.5, 0.6) is 0 Å². The fourth-order valence-corrected chi connectivity index (χ4v) is 2.38. The van der Waals surface area contributed by atoms with Crippen LogP contribution < -0.4 is 5.32 Å². The number of rotatable bonds is 7. The van der Waals surface area contributed by atoms with E-state index in [1.165, 1.54) is 11.8 Å². The summed E-state index contributed by atoms with van der Waals surface area (Å²) in [6, 6.07) is 6.88. The molecule has 0 saturated carbocycles. The summed E-state index contributed by atoms with van der Waals surface area (Å²) < 4.78 is 4.82. The van der Waals surface area contributed by atoms with Crippen molar-refractivity contribution in [1.82, 2.24) is 5.32 Å². The van der Waals surface area contributed by atoms with Crippen LogP contribution in [0.25, 0.3) is 0 Å². The second-order valence-corrected chi connectivity index (χ2v) is 5.58. The topological polar surface area (TPSA) is 55.4 Å². The number of benzene rings is 1. The van der Waals surface area contributed by atoms with Crippen LogP contribution in [0.1, 0.15) is 19.4 Å². The third-order valence-corrected chi connectivity index (χ3v) is 3.69. The molecule has 1 unspecified atom stereocenters. The smallest absolute Gasteiger partial charge is 0.328 e. The van der Waals surface area contributed by atoms with Gasteiger partial charge in [0, 0.05) is 10.8 Å². The summed E-state index contributed by atoms with van der Waals surface area (Å²) in [5.41, 5.74) is 1.10. The molecule has 1 aromatic carbocycles. The van der Waals surface area contributed by atoms with Gasteiger partial charge in [-0.15, -0.1) is 11.8 Å². The third kappa shape index (κ3) is 6.30. The molecule has 0 bridgehead atoms. The van der Waals surface area contributed by atoms with Crippen LogP contribution in [0, 0.1) is 0 Å². The van der Waals surface area contributed by atoms with Crippen LogP contribution in [-0.4, -0.2) is 30.3 Å². The Morgan fingerprint density at radius 3 is 2.60 bits per heavy atom. The molecule has 6 heteroatoms. The molecule has 0 aliphatic carbocycles. The molecule has 1 N–H and O–H groups in total. The van der Waals surface area contributed by atoms with Crippen molar-refractivity contribution in [2.24, 2.45) is 0 Å². The van der Waals surface area contributed by atoms with Gasteiger partial charge >= 0.3 is 5.97 Å². The average Bonchev–Trinajstić information content (AvgIpc) is 2.41. The quantitative estimate of drug-likeness (QED) is 0.786. The number of thioether (sulfide) groups is 1. The molecule has 1 atom stereocenters. The van der Waals surface area contributed by atoms with Gasteiger partial charge in [0.15, 0.2) is 0 Å². The lowest BCUT2D eigenvalue weighted by Crippen LogP contribution is -2.40. The molecular formula is C14H18ClNO3S. The molecule has 1 aromatic rings. The zero-order valence-electron chi connectivity index (χ0n) is 11.5. The first-order valence-corrected chi connectivity index (χ1v) is 7.84. The van der Waals surface area contributed by atoms with E-state index in [2.05, 4.69) is 5.32 Å². The SMILES string of the molecule is CCOC(=O)C(C)NC(=O)CSCc1ccc(Cl)cc1. The molecule has 0 fully saturated rings. The number of hydrogen-bond acceptors (Lipinski definition) is 4. The molecule has 0 radical (unpaired) electrons. The van der Waals surface area contributed by atoms with Crippen LogP contribution in [0.15, 0.2) is 24.3 Å². The van der Waals surface area contributed by atoms with E-state index >= 15 is 0 Å². The van der Waals surface area contributed by atoms with Gasteiger partial charge in [0.1, 0.15) is 6.04 Å². The second-order valence-electron chi connectivity index (χ2n) is 4.16. The van der Waals surface area contributed by atoms with Crippen LogP contribution in [0.3, 0.4) is 0 Å². The molecule has 0 spiro atoms. The van der Waals surface area contributed by atoms with Gasteiger partial charge in [0.05, 0.1) is 12.4 Å². The van der Waals surface area contributed by atoms with Gasteiger partial charge in [-0.05, 0) is 31.5 Å². The Labute approximate surface area is 128 Å². The van der Waals surface area contributed by atoms with Crippen molar-refractivity contribution in [3.63, 3.8) is 0 Å². The van der Waals surface area contributed by atoms with Gasteiger partial charge in [-0.2, -0.15) is 0 Å². The normalized spacial score (nSPS) is 11.8. The molecular weight excluding hydrogens is 298 g/mol. The van der Waals surface area contributed by atoms with E-state index in [-0.39, 0.29) is 5.91 Å². The number of esters is 1. The summed E-state index contributed by atoms with van der Waals surface area (Å²) in [5.74, 6) is 0.429. The van der Waals surface area contributed by atoms with Gasteiger partial charge in [0.25, 0.3) is 0 Å². The maximum atomic E-state index is 11.6. The van der Waals surface area contributed by atoms with Gasteiger partial charge in [-0.1, -0.05) is 23.7 Å². The second kappa shape index (κ2) is 8.87. The van der Waals surface area contributed by atoms with Crippen molar-refractivity contribution in [1.29, 1.82) is 0 Å². The lowest BCUT2D eigenvalue weighted by molar-refractivity contribution is -0.146. The predicted molar refractivity (Wildman–Crippen MR) is 81.9 cm³/mol.